The van der Waals surface area contributed by atoms with Crippen molar-refractivity contribution in [3.8, 4) is 5.75 Å². The van der Waals surface area contributed by atoms with Gasteiger partial charge in [-0.25, -0.2) is 4.98 Å². The number of ether oxygens (including phenoxy) is 1. The minimum Gasteiger partial charge on any atom is -0.481 e. The lowest BCUT2D eigenvalue weighted by Gasteiger charge is -2.16. The Morgan fingerprint density at radius 1 is 1.25 bits per heavy atom. The minimum atomic E-state index is 0.0622. The van der Waals surface area contributed by atoms with E-state index >= 15 is 0 Å². The second-order valence-electron chi connectivity index (χ2n) is 5.16. The Hall–Kier alpha value is -2.10. The summed E-state index contributed by atoms with van der Waals surface area (Å²) in [6.07, 6.45) is 2.20. The van der Waals surface area contributed by atoms with Crippen molar-refractivity contribution in [2.24, 2.45) is 0 Å². The molecule has 1 amide bonds. The number of hydrogen-bond donors (Lipinski definition) is 0. The first-order valence-electron chi connectivity index (χ1n) is 7.01. The SMILES string of the molecule is Cc1ccc2cccc(OCC(=O)N3CCCC3)c2n1. The predicted octanol–water partition coefficient (Wildman–Crippen LogP) is 2.54. The van der Waals surface area contributed by atoms with Crippen LogP contribution in [0.4, 0.5) is 0 Å². The zero-order valence-corrected chi connectivity index (χ0v) is 11.6. The number of benzene rings is 1. The molecule has 0 atom stereocenters. The molecule has 2 heterocycles. The lowest BCUT2D eigenvalue weighted by atomic mass is 10.2. The number of aromatic nitrogens is 1. The van der Waals surface area contributed by atoms with Crippen molar-refractivity contribution in [1.82, 2.24) is 9.88 Å². The van der Waals surface area contributed by atoms with Gasteiger partial charge < -0.3 is 9.64 Å². The summed E-state index contributed by atoms with van der Waals surface area (Å²) in [7, 11) is 0. The van der Waals surface area contributed by atoms with Crippen molar-refractivity contribution >= 4 is 16.8 Å². The molecule has 1 fully saturated rings. The van der Waals surface area contributed by atoms with Crippen LogP contribution in [0.2, 0.25) is 0 Å². The molecule has 0 aliphatic carbocycles. The van der Waals surface area contributed by atoms with Crippen LogP contribution in [-0.4, -0.2) is 35.5 Å². The van der Waals surface area contributed by atoms with Crippen molar-refractivity contribution < 1.29 is 9.53 Å². The Bertz CT molecular complexity index is 633. The molecule has 1 aliphatic rings. The number of fused-ring (bicyclic) bond motifs is 1. The van der Waals surface area contributed by atoms with Gasteiger partial charge in [0.15, 0.2) is 6.61 Å². The molecular weight excluding hydrogens is 252 g/mol. The summed E-state index contributed by atoms with van der Waals surface area (Å²) in [5, 5.41) is 1.03. The topological polar surface area (TPSA) is 42.4 Å². The molecule has 0 saturated carbocycles. The Labute approximate surface area is 118 Å². The van der Waals surface area contributed by atoms with E-state index < -0.39 is 0 Å². The molecule has 0 radical (unpaired) electrons. The number of likely N-dealkylation sites (tertiary alicyclic amines) is 1. The van der Waals surface area contributed by atoms with E-state index in [1.54, 1.807) is 0 Å². The number of aryl methyl sites for hydroxylation is 1. The maximum Gasteiger partial charge on any atom is 0.260 e. The molecule has 1 saturated heterocycles. The standard InChI is InChI=1S/C16H18N2O2/c1-12-7-8-13-5-4-6-14(16(13)17-12)20-11-15(19)18-9-2-3-10-18/h4-8H,2-3,9-11H2,1H3. The predicted molar refractivity (Wildman–Crippen MR) is 77.8 cm³/mol. The second-order valence-corrected chi connectivity index (χ2v) is 5.16. The summed E-state index contributed by atoms with van der Waals surface area (Å²) in [4.78, 5) is 18.4. The molecule has 0 unspecified atom stereocenters. The maximum atomic E-state index is 12.0. The smallest absolute Gasteiger partial charge is 0.260 e. The number of hydrogen-bond acceptors (Lipinski definition) is 3. The van der Waals surface area contributed by atoms with Gasteiger partial charge in [-0.05, 0) is 31.9 Å². The third kappa shape index (κ3) is 2.59. The fourth-order valence-electron chi connectivity index (χ4n) is 2.53. The van der Waals surface area contributed by atoms with E-state index in [4.69, 9.17) is 4.74 Å². The van der Waals surface area contributed by atoms with E-state index in [0.717, 1.165) is 42.5 Å². The molecule has 0 N–H and O–H groups in total. The molecule has 20 heavy (non-hydrogen) atoms. The lowest BCUT2D eigenvalue weighted by Crippen LogP contribution is -2.32. The van der Waals surface area contributed by atoms with Gasteiger partial charge in [0, 0.05) is 24.2 Å². The monoisotopic (exact) mass is 270 g/mol. The Balaban J connectivity index is 1.77. The average molecular weight is 270 g/mol. The summed E-state index contributed by atoms with van der Waals surface area (Å²) in [5.74, 6) is 0.742. The first-order valence-corrected chi connectivity index (χ1v) is 7.01. The third-order valence-corrected chi connectivity index (χ3v) is 3.63. The zero-order chi connectivity index (χ0) is 13.9. The quantitative estimate of drug-likeness (QED) is 0.860. The third-order valence-electron chi connectivity index (χ3n) is 3.63. The molecule has 1 aromatic carbocycles. The number of pyridine rings is 1. The Morgan fingerprint density at radius 2 is 2.05 bits per heavy atom. The highest BCUT2D eigenvalue weighted by molar-refractivity contribution is 5.85. The fourth-order valence-corrected chi connectivity index (χ4v) is 2.53. The van der Waals surface area contributed by atoms with Crippen LogP contribution in [0.25, 0.3) is 10.9 Å². The van der Waals surface area contributed by atoms with Crippen molar-refractivity contribution in [2.45, 2.75) is 19.8 Å². The van der Waals surface area contributed by atoms with E-state index in [0.29, 0.717) is 5.75 Å². The largest absolute Gasteiger partial charge is 0.481 e. The first kappa shape index (κ1) is 12.9. The minimum absolute atomic E-state index is 0.0622. The summed E-state index contributed by atoms with van der Waals surface area (Å²) in [5.41, 5.74) is 1.76. The van der Waals surface area contributed by atoms with Gasteiger partial charge in [0.1, 0.15) is 11.3 Å². The van der Waals surface area contributed by atoms with Gasteiger partial charge in [0.05, 0.1) is 0 Å². The second kappa shape index (κ2) is 5.49. The molecule has 0 bridgehead atoms. The molecule has 4 nitrogen and oxygen atoms in total. The van der Waals surface area contributed by atoms with Gasteiger partial charge >= 0.3 is 0 Å². The van der Waals surface area contributed by atoms with Crippen LogP contribution in [0.15, 0.2) is 30.3 Å². The van der Waals surface area contributed by atoms with Gasteiger partial charge in [0.25, 0.3) is 5.91 Å². The van der Waals surface area contributed by atoms with E-state index in [9.17, 15) is 4.79 Å². The van der Waals surface area contributed by atoms with Gasteiger partial charge in [0.2, 0.25) is 0 Å². The number of rotatable bonds is 3. The van der Waals surface area contributed by atoms with Gasteiger partial charge in [-0.1, -0.05) is 18.2 Å². The molecule has 1 aromatic heterocycles. The van der Waals surface area contributed by atoms with Crippen molar-refractivity contribution in [3.63, 3.8) is 0 Å². The van der Waals surface area contributed by atoms with Crippen LogP contribution in [0.3, 0.4) is 0 Å². The Morgan fingerprint density at radius 3 is 2.85 bits per heavy atom. The van der Waals surface area contributed by atoms with E-state index in [2.05, 4.69) is 4.98 Å². The van der Waals surface area contributed by atoms with Gasteiger partial charge in [-0.15, -0.1) is 0 Å². The van der Waals surface area contributed by atoms with Crippen LogP contribution in [0, 0.1) is 6.92 Å². The number of carbonyl (C=O) groups excluding carboxylic acids is 1. The molecular formula is C16H18N2O2. The molecule has 3 rings (SSSR count). The average Bonchev–Trinajstić information content (AvgIpc) is 2.99. The highest BCUT2D eigenvalue weighted by atomic mass is 16.5. The number of carbonyl (C=O) groups is 1. The molecule has 104 valence electrons. The summed E-state index contributed by atoms with van der Waals surface area (Å²) < 4.78 is 5.69. The van der Waals surface area contributed by atoms with Gasteiger partial charge in [-0.2, -0.15) is 0 Å². The summed E-state index contributed by atoms with van der Waals surface area (Å²) >= 11 is 0. The van der Waals surface area contributed by atoms with Crippen molar-refractivity contribution in [1.29, 1.82) is 0 Å². The lowest BCUT2D eigenvalue weighted by molar-refractivity contribution is -0.132. The highest BCUT2D eigenvalue weighted by Gasteiger charge is 2.18. The zero-order valence-electron chi connectivity index (χ0n) is 11.6. The molecule has 0 spiro atoms. The van der Waals surface area contributed by atoms with Crippen LogP contribution < -0.4 is 4.74 Å². The van der Waals surface area contributed by atoms with E-state index in [-0.39, 0.29) is 12.5 Å². The Kier molecular flexibility index (Phi) is 3.54. The van der Waals surface area contributed by atoms with Crippen LogP contribution in [0.5, 0.6) is 5.75 Å². The maximum absolute atomic E-state index is 12.0. The molecule has 4 heteroatoms. The van der Waals surface area contributed by atoms with Crippen LogP contribution in [-0.2, 0) is 4.79 Å². The summed E-state index contributed by atoms with van der Waals surface area (Å²) in [6.45, 7) is 3.75. The normalized spacial score (nSPS) is 14.8. The first-order chi connectivity index (χ1) is 9.74. The van der Waals surface area contributed by atoms with E-state index in [1.807, 2.05) is 42.2 Å². The molecule has 1 aliphatic heterocycles. The van der Waals surface area contributed by atoms with Crippen LogP contribution >= 0.6 is 0 Å². The fraction of sp³-hybridized carbons (Fsp3) is 0.375. The van der Waals surface area contributed by atoms with Gasteiger partial charge in [-0.3, -0.25) is 4.79 Å². The molecule has 2 aromatic rings. The summed E-state index contributed by atoms with van der Waals surface area (Å²) in [6, 6.07) is 9.78. The number of nitrogens with zero attached hydrogens (tertiary/aromatic N) is 2. The van der Waals surface area contributed by atoms with Crippen molar-refractivity contribution in [3.05, 3.63) is 36.0 Å². The number of para-hydroxylation sites is 1. The van der Waals surface area contributed by atoms with Crippen molar-refractivity contribution in [2.75, 3.05) is 19.7 Å². The number of amides is 1. The van der Waals surface area contributed by atoms with Crippen LogP contribution in [0.1, 0.15) is 18.5 Å². The van der Waals surface area contributed by atoms with E-state index in [1.165, 1.54) is 0 Å². The highest BCUT2D eigenvalue weighted by Crippen LogP contribution is 2.24.